The van der Waals surface area contributed by atoms with Crippen LogP contribution in [0.4, 0.5) is 18.0 Å². The summed E-state index contributed by atoms with van der Waals surface area (Å²) >= 11 is 0. The van der Waals surface area contributed by atoms with Crippen molar-refractivity contribution in [2.75, 3.05) is 32.7 Å². The van der Waals surface area contributed by atoms with Crippen LogP contribution in [0.25, 0.3) is 0 Å². The summed E-state index contributed by atoms with van der Waals surface area (Å²) < 4.78 is 64.3. The third-order valence-electron chi connectivity index (χ3n) is 4.68. The molecule has 0 aromatic heterocycles. The maximum atomic E-state index is 12.6. The summed E-state index contributed by atoms with van der Waals surface area (Å²) in [6, 6.07) is 2.94. The van der Waals surface area contributed by atoms with Gasteiger partial charge >= 0.3 is 12.2 Å². The van der Waals surface area contributed by atoms with Crippen LogP contribution in [0, 0.1) is 0 Å². The molecule has 2 N–H and O–H groups in total. The van der Waals surface area contributed by atoms with E-state index in [2.05, 4.69) is 10.6 Å². The number of carbonyl (C=O) groups is 2. The van der Waals surface area contributed by atoms with Crippen molar-refractivity contribution in [2.24, 2.45) is 0 Å². The molecule has 0 spiro atoms. The highest BCUT2D eigenvalue weighted by Crippen LogP contribution is 2.30. The van der Waals surface area contributed by atoms with Crippen LogP contribution in [0.1, 0.15) is 18.4 Å². The topological polar surface area (TPSA) is 98.8 Å². The molecule has 1 aliphatic carbocycles. The van der Waals surface area contributed by atoms with E-state index >= 15 is 0 Å². The highest BCUT2D eigenvalue weighted by atomic mass is 32.2. The fourth-order valence-electron chi connectivity index (χ4n) is 2.91. The van der Waals surface area contributed by atoms with Gasteiger partial charge in [0.15, 0.2) is 0 Å². The lowest BCUT2D eigenvalue weighted by atomic mass is 10.2. The Kier molecular flexibility index (Phi) is 6.15. The van der Waals surface area contributed by atoms with Crippen molar-refractivity contribution >= 4 is 22.0 Å². The van der Waals surface area contributed by atoms with E-state index < -0.39 is 33.7 Å². The van der Waals surface area contributed by atoms with Gasteiger partial charge < -0.3 is 5.32 Å². The zero-order valence-corrected chi connectivity index (χ0v) is 16.2. The van der Waals surface area contributed by atoms with Crippen LogP contribution in [-0.4, -0.2) is 68.3 Å². The average Bonchev–Trinajstić information content (AvgIpc) is 3.45. The monoisotopic (exact) mass is 434 g/mol. The number of benzene rings is 1. The van der Waals surface area contributed by atoms with Gasteiger partial charge in [0.2, 0.25) is 15.9 Å². The quantitative estimate of drug-likeness (QED) is 0.721. The second-order valence-electron chi connectivity index (χ2n) is 7.00. The molecular weight excluding hydrogens is 413 g/mol. The average molecular weight is 434 g/mol. The summed E-state index contributed by atoms with van der Waals surface area (Å²) in [5.41, 5.74) is -0.919. The number of piperazine rings is 1. The first-order chi connectivity index (χ1) is 13.6. The first kappa shape index (κ1) is 21.5. The number of urea groups is 1. The molecule has 0 atom stereocenters. The van der Waals surface area contributed by atoms with Crippen molar-refractivity contribution in [2.45, 2.75) is 30.0 Å². The van der Waals surface area contributed by atoms with Crippen LogP contribution in [0.15, 0.2) is 29.2 Å². The van der Waals surface area contributed by atoms with Gasteiger partial charge in [-0.3, -0.25) is 15.0 Å². The van der Waals surface area contributed by atoms with E-state index in [0.29, 0.717) is 0 Å². The lowest BCUT2D eigenvalue weighted by Crippen LogP contribution is -2.52. The number of nitrogens with one attached hydrogen (secondary N) is 2. The van der Waals surface area contributed by atoms with E-state index in [9.17, 15) is 31.2 Å². The van der Waals surface area contributed by atoms with Crippen molar-refractivity contribution in [3.05, 3.63) is 29.8 Å². The number of carbonyl (C=O) groups excluding carboxylic acids is 2. The van der Waals surface area contributed by atoms with E-state index in [1.807, 2.05) is 0 Å². The third-order valence-corrected chi connectivity index (χ3v) is 6.60. The molecule has 3 amide bonds. The van der Waals surface area contributed by atoms with E-state index in [1.165, 1.54) is 4.31 Å². The first-order valence-corrected chi connectivity index (χ1v) is 10.5. The molecule has 2 fully saturated rings. The van der Waals surface area contributed by atoms with Crippen molar-refractivity contribution in [3.63, 3.8) is 0 Å². The number of hydrogen-bond donors (Lipinski definition) is 2. The predicted molar refractivity (Wildman–Crippen MR) is 96.3 cm³/mol. The predicted octanol–water partition coefficient (Wildman–Crippen LogP) is 1.000. The number of sulfonamides is 1. The SMILES string of the molecule is O=C(CN1CCN(S(=O)(=O)c2ccc(C(F)(F)F)cc2)CC1)NC(=O)NC1CC1. The van der Waals surface area contributed by atoms with Crippen LogP contribution in [0.3, 0.4) is 0 Å². The van der Waals surface area contributed by atoms with Crippen molar-refractivity contribution in [1.29, 1.82) is 0 Å². The summed E-state index contributed by atoms with van der Waals surface area (Å²) in [6.07, 6.45) is -2.74. The van der Waals surface area contributed by atoms with E-state index in [-0.39, 0.29) is 43.7 Å². The molecule has 1 aromatic carbocycles. The van der Waals surface area contributed by atoms with E-state index in [1.54, 1.807) is 4.90 Å². The normalized spacial score (nSPS) is 19.0. The summed E-state index contributed by atoms with van der Waals surface area (Å²) in [5.74, 6) is -0.484. The Bertz CT molecular complexity index is 862. The smallest absolute Gasteiger partial charge is 0.335 e. The van der Waals surface area contributed by atoms with Crippen LogP contribution in [0.2, 0.25) is 0 Å². The number of rotatable bonds is 5. The molecule has 2 aliphatic rings. The summed E-state index contributed by atoms with van der Waals surface area (Å²) in [6.45, 7) is 0.650. The summed E-state index contributed by atoms with van der Waals surface area (Å²) in [5, 5.41) is 4.86. The van der Waals surface area contributed by atoms with Gasteiger partial charge in [0.25, 0.3) is 0 Å². The van der Waals surface area contributed by atoms with Crippen molar-refractivity contribution in [3.8, 4) is 0 Å². The number of hydrogen-bond acceptors (Lipinski definition) is 5. The molecule has 1 aromatic rings. The molecule has 1 aliphatic heterocycles. The van der Waals surface area contributed by atoms with Gasteiger partial charge in [-0.25, -0.2) is 13.2 Å². The minimum absolute atomic E-state index is 0.0494. The number of nitrogens with zero attached hydrogens (tertiary/aromatic N) is 2. The van der Waals surface area contributed by atoms with E-state index in [4.69, 9.17) is 0 Å². The lowest BCUT2D eigenvalue weighted by Gasteiger charge is -2.33. The molecule has 0 unspecified atom stereocenters. The number of amides is 3. The Morgan fingerprint density at radius 1 is 1.03 bits per heavy atom. The Labute approximate surface area is 166 Å². The molecule has 0 radical (unpaired) electrons. The van der Waals surface area contributed by atoms with Gasteiger partial charge in [0.1, 0.15) is 0 Å². The van der Waals surface area contributed by atoms with Gasteiger partial charge in [0, 0.05) is 32.2 Å². The summed E-state index contributed by atoms with van der Waals surface area (Å²) in [7, 11) is -3.93. The molecule has 29 heavy (non-hydrogen) atoms. The maximum absolute atomic E-state index is 12.6. The Hall–Kier alpha value is -2.18. The number of halogens is 3. The Balaban J connectivity index is 1.51. The van der Waals surface area contributed by atoms with Gasteiger partial charge in [-0.1, -0.05) is 0 Å². The van der Waals surface area contributed by atoms with Gasteiger partial charge in [-0.15, -0.1) is 0 Å². The summed E-state index contributed by atoms with van der Waals surface area (Å²) in [4.78, 5) is 24.9. The van der Waals surface area contributed by atoms with Gasteiger partial charge in [-0.2, -0.15) is 17.5 Å². The highest BCUT2D eigenvalue weighted by molar-refractivity contribution is 7.89. The fraction of sp³-hybridized carbons (Fsp3) is 0.529. The van der Waals surface area contributed by atoms with Crippen LogP contribution < -0.4 is 10.6 Å². The zero-order chi connectivity index (χ0) is 21.2. The molecule has 1 saturated heterocycles. The van der Waals surface area contributed by atoms with Crippen molar-refractivity contribution < 1.29 is 31.2 Å². The van der Waals surface area contributed by atoms with Crippen molar-refractivity contribution in [1.82, 2.24) is 19.8 Å². The molecule has 12 heteroatoms. The molecule has 3 rings (SSSR count). The number of alkyl halides is 3. The molecular formula is C17H21F3N4O4S. The van der Waals surface area contributed by atoms with Crippen LogP contribution in [0.5, 0.6) is 0 Å². The lowest BCUT2D eigenvalue weighted by molar-refractivity contribution is -0.137. The fourth-order valence-corrected chi connectivity index (χ4v) is 4.33. The Morgan fingerprint density at radius 3 is 2.14 bits per heavy atom. The first-order valence-electron chi connectivity index (χ1n) is 9.06. The number of imide groups is 1. The van der Waals surface area contributed by atoms with Crippen LogP contribution >= 0.6 is 0 Å². The molecule has 1 saturated carbocycles. The zero-order valence-electron chi connectivity index (χ0n) is 15.4. The third kappa shape index (κ3) is 5.67. The molecule has 0 bridgehead atoms. The minimum Gasteiger partial charge on any atom is -0.335 e. The van der Waals surface area contributed by atoms with E-state index in [0.717, 1.165) is 37.1 Å². The second-order valence-corrected chi connectivity index (χ2v) is 8.94. The van der Waals surface area contributed by atoms with Gasteiger partial charge in [0.05, 0.1) is 17.0 Å². The highest BCUT2D eigenvalue weighted by Gasteiger charge is 2.33. The van der Waals surface area contributed by atoms with Crippen LogP contribution in [-0.2, 0) is 21.0 Å². The minimum atomic E-state index is -4.54. The molecule has 1 heterocycles. The molecule has 160 valence electrons. The van der Waals surface area contributed by atoms with Gasteiger partial charge in [-0.05, 0) is 37.1 Å². The second kappa shape index (κ2) is 8.28. The largest absolute Gasteiger partial charge is 0.416 e. The Morgan fingerprint density at radius 2 is 1.62 bits per heavy atom. The standard InChI is InChI=1S/C17H21F3N4O4S/c18-17(19,20)12-1-5-14(6-2-12)29(27,28)24-9-7-23(8-10-24)11-15(25)22-16(26)21-13-3-4-13/h1-2,5-6,13H,3-4,7-11H2,(H2,21,22,25,26). The molecule has 8 nitrogen and oxygen atoms in total. The maximum Gasteiger partial charge on any atom is 0.416 e.